The van der Waals surface area contributed by atoms with Gasteiger partial charge in [0.2, 0.25) is 5.91 Å². The number of amides is 1. The second-order valence-electron chi connectivity index (χ2n) is 7.25. The van der Waals surface area contributed by atoms with Crippen molar-refractivity contribution in [2.45, 2.75) is 18.4 Å². The van der Waals surface area contributed by atoms with Gasteiger partial charge in [-0.05, 0) is 42.3 Å². The van der Waals surface area contributed by atoms with E-state index in [0.29, 0.717) is 16.5 Å². The van der Waals surface area contributed by atoms with Crippen molar-refractivity contribution < 1.29 is 9.53 Å². The maximum absolute atomic E-state index is 12.6. The number of nitrogens with zero attached hydrogens (tertiary/aromatic N) is 1. The Morgan fingerprint density at radius 1 is 1.10 bits per heavy atom. The maximum atomic E-state index is 12.6. The predicted octanol–water partition coefficient (Wildman–Crippen LogP) is 6.39. The summed E-state index contributed by atoms with van der Waals surface area (Å²) in [5, 5.41) is 4.59. The van der Waals surface area contributed by atoms with Gasteiger partial charge in [-0.2, -0.15) is 0 Å². The Morgan fingerprint density at radius 2 is 1.87 bits per heavy atom. The number of benzene rings is 3. The number of fused-ring (bicyclic) bond motifs is 1. The van der Waals surface area contributed by atoms with E-state index in [-0.39, 0.29) is 11.7 Å². The summed E-state index contributed by atoms with van der Waals surface area (Å²) in [5.41, 5.74) is 4.28. The van der Waals surface area contributed by atoms with E-state index in [0.717, 1.165) is 22.3 Å². The first-order chi connectivity index (χ1) is 15.0. The van der Waals surface area contributed by atoms with Crippen LogP contribution >= 0.6 is 23.4 Å². The fourth-order valence-corrected chi connectivity index (χ4v) is 4.60. The highest BCUT2D eigenvalue weighted by Crippen LogP contribution is 2.32. The van der Waals surface area contributed by atoms with Crippen LogP contribution < -0.4 is 10.1 Å². The molecule has 0 saturated carbocycles. The van der Waals surface area contributed by atoms with Gasteiger partial charge in [0.1, 0.15) is 5.75 Å². The van der Waals surface area contributed by atoms with Crippen LogP contribution in [0, 0.1) is 6.92 Å². The number of anilines is 1. The molecule has 4 rings (SSSR count). The summed E-state index contributed by atoms with van der Waals surface area (Å²) in [7, 11) is 1.57. The van der Waals surface area contributed by atoms with E-state index >= 15 is 0 Å². The van der Waals surface area contributed by atoms with Crippen LogP contribution in [0.4, 0.5) is 5.69 Å². The van der Waals surface area contributed by atoms with E-state index in [1.807, 2.05) is 12.1 Å². The van der Waals surface area contributed by atoms with Crippen molar-refractivity contribution in [3.8, 4) is 5.75 Å². The summed E-state index contributed by atoms with van der Waals surface area (Å²) in [6.07, 6.45) is 2.13. The summed E-state index contributed by atoms with van der Waals surface area (Å²) in [5.74, 6) is 0.757. The molecule has 1 heterocycles. The number of nitrogens with one attached hydrogen (secondary N) is 1. The van der Waals surface area contributed by atoms with E-state index in [2.05, 4.69) is 59.4 Å². The third-order valence-corrected chi connectivity index (χ3v) is 6.43. The molecule has 0 bridgehead atoms. The van der Waals surface area contributed by atoms with Crippen molar-refractivity contribution in [2.75, 3.05) is 18.2 Å². The van der Waals surface area contributed by atoms with Crippen molar-refractivity contribution in [1.29, 1.82) is 0 Å². The monoisotopic (exact) mass is 450 g/mol. The highest BCUT2D eigenvalue weighted by Gasteiger charge is 2.13. The van der Waals surface area contributed by atoms with Crippen LogP contribution in [0.25, 0.3) is 10.9 Å². The molecule has 1 N–H and O–H groups in total. The molecule has 158 valence electrons. The molecule has 4 nitrogen and oxygen atoms in total. The molecular formula is C25H23ClN2O2S. The van der Waals surface area contributed by atoms with Gasteiger partial charge in [-0.25, -0.2) is 0 Å². The molecule has 31 heavy (non-hydrogen) atoms. The average Bonchev–Trinajstić information content (AvgIpc) is 3.12. The van der Waals surface area contributed by atoms with Crippen molar-refractivity contribution in [1.82, 2.24) is 4.57 Å². The fraction of sp³-hybridized carbons (Fsp3) is 0.160. The number of rotatable bonds is 7. The summed E-state index contributed by atoms with van der Waals surface area (Å²) < 4.78 is 7.56. The highest BCUT2D eigenvalue weighted by molar-refractivity contribution is 8.00. The first-order valence-corrected chi connectivity index (χ1v) is 11.3. The smallest absolute Gasteiger partial charge is 0.234 e. The molecule has 0 fully saturated rings. The second kappa shape index (κ2) is 9.50. The minimum Gasteiger partial charge on any atom is -0.495 e. The normalized spacial score (nSPS) is 10.9. The first-order valence-electron chi connectivity index (χ1n) is 9.93. The first kappa shape index (κ1) is 21.3. The van der Waals surface area contributed by atoms with Crippen molar-refractivity contribution in [2.24, 2.45) is 0 Å². The van der Waals surface area contributed by atoms with Crippen LogP contribution in [-0.4, -0.2) is 23.3 Å². The van der Waals surface area contributed by atoms with Crippen LogP contribution in [0.15, 0.2) is 77.8 Å². The van der Waals surface area contributed by atoms with Crippen molar-refractivity contribution >= 4 is 45.9 Å². The Morgan fingerprint density at radius 3 is 2.68 bits per heavy atom. The SMILES string of the molecule is COc1ccc(Cl)cc1NC(=O)CSc1cn(Cc2ccccc2C)c2ccccc12. The van der Waals surface area contributed by atoms with Crippen molar-refractivity contribution in [3.63, 3.8) is 0 Å². The molecule has 1 aromatic heterocycles. The lowest BCUT2D eigenvalue weighted by atomic mass is 10.1. The molecule has 0 saturated heterocycles. The van der Waals surface area contributed by atoms with Gasteiger partial charge in [0, 0.05) is 33.6 Å². The molecule has 3 aromatic carbocycles. The summed E-state index contributed by atoms with van der Waals surface area (Å²) >= 11 is 7.58. The molecule has 6 heteroatoms. The van der Waals surface area contributed by atoms with Gasteiger partial charge in [0.15, 0.2) is 0 Å². The van der Waals surface area contributed by atoms with Gasteiger partial charge in [-0.15, -0.1) is 11.8 Å². The molecule has 0 aliphatic rings. The van der Waals surface area contributed by atoms with Crippen LogP contribution in [0.1, 0.15) is 11.1 Å². The van der Waals surface area contributed by atoms with Crippen molar-refractivity contribution in [3.05, 3.63) is 89.1 Å². The maximum Gasteiger partial charge on any atom is 0.234 e. The Hall–Kier alpha value is -2.89. The molecule has 4 aromatic rings. The number of carbonyl (C=O) groups is 1. The largest absolute Gasteiger partial charge is 0.495 e. The van der Waals surface area contributed by atoms with Crippen LogP contribution in [0.5, 0.6) is 5.75 Å². The van der Waals surface area contributed by atoms with Gasteiger partial charge in [0.25, 0.3) is 0 Å². The van der Waals surface area contributed by atoms with E-state index in [1.54, 1.807) is 25.3 Å². The minimum atomic E-state index is -0.110. The predicted molar refractivity (Wildman–Crippen MR) is 130 cm³/mol. The Kier molecular flexibility index (Phi) is 6.54. The average molecular weight is 451 g/mol. The second-order valence-corrected chi connectivity index (χ2v) is 8.70. The Balaban J connectivity index is 1.52. The van der Waals surface area contributed by atoms with E-state index < -0.39 is 0 Å². The topological polar surface area (TPSA) is 43.3 Å². The van der Waals surface area contributed by atoms with Crippen LogP contribution in [-0.2, 0) is 11.3 Å². The standard InChI is InChI=1S/C25H23ClN2O2S/c1-17-7-3-4-8-18(17)14-28-15-24(20-9-5-6-10-22(20)28)31-16-25(29)27-21-13-19(26)11-12-23(21)30-2/h3-13,15H,14,16H2,1-2H3,(H,27,29). The number of thioether (sulfide) groups is 1. The third kappa shape index (κ3) is 4.89. The molecule has 0 aliphatic heterocycles. The molecule has 0 unspecified atom stereocenters. The number of halogens is 1. The molecule has 1 amide bonds. The van der Waals surface area contributed by atoms with E-state index in [1.165, 1.54) is 22.9 Å². The molecule has 0 atom stereocenters. The zero-order valence-corrected chi connectivity index (χ0v) is 19.0. The number of para-hydroxylation sites is 1. The lowest BCUT2D eigenvalue weighted by molar-refractivity contribution is -0.113. The molecule has 0 spiro atoms. The lowest BCUT2D eigenvalue weighted by Gasteiger charge is -2.10. The van der Waals surface area contributed by atoms with Gasteiger partial charge < -0.3 is 14.6 Å². The minimum absolute atomic E-state index is 0.110. The lowest BCUT2D eigenvalue weighted by Crippen LogP contribution is -2.14. The summed E-state index contributed by atoms with van der Waals surface area (Å²) in [6, 6.07) is 21.9. The Labute approximate surface area is 191 Å². The number of aromatic nitrogens is 1. The molecular weight excluding hydrogens is 428 g/mol. The molecule has 0 aliphatic carbocycles. The van der Waals surface area contributed by atoms with Gasteiger partial charge in [-0.1, -0.05) is 54.1 Å². The van der Waals surface area contributed by atoms with Crippen LogP contribution in [0.3, 0.4) is 0 Å². The number of aryl methyl sites for hydroxylation is 1. The number of ether oxygens (including phenoxy) is 1. The zero-order chi connectivity index (χ0) is 21.8. The third-order valence-electron chi connectivity index (χ3n) is 5.15. The highest BCUT2D eigenvalue weighted by atomic mass is 35.5. The summed E-state index contributed by atoms with van der Waals surface area (Å²) in [4.78, 5) is 13.7. The zero-order valence-electron chi connectivity index (χ0n) is 17.4. The quantitative estimate of drug-likeness (QED) is 0.332. The van der Waals surface area contributed by atoms with Gasteiger partial charge >= 0.3 is 0 Å². The van der Waals surface area contributed by atoms with E-state index in [4.69, 9.17) is 16.3 Å². The Bertz CT molecular complexity index is 1240. The number of hydrogen-bond acceptors (Lipinski definition) is 3. The number of hydrogen-bond donors (Lipinski definition) is 1. The number of methoxy groups -OCH3 is 1. The molecule has 0 radical (unpaired) electrons. The summed E-state index contributed by atoms with van der Waals surface area (Å²) in [6.45, 7) is 2.92. The fourth-order valence-electron chi connectivity index (χ4n) is 3.54. The number of carbonyl (C=O) groups excluding carboxylic acids is 1. The van der Waals surface area contributed by atoms with Crippen LogP contribution in [0.2, 0.25) is 5.02 Å². The van der Waals surface area contributed by atoms with E-state index in [9.17, 15) is 4.79 Å². The van der Waals surface area contributed by atoms with Gasteiger partial charge in [-0.3, -0.25) is 4.79 Å². The van der Waals surface area contributed by atoms with Gasteiger partial charge in [0.05, 0.1) is 18.6 Å².